The van der Waals surface area contributed by atoms with Gasteiger partial charge in [0.05, 0.1) is 6.10 Å². The minimum absolute atomic E-state index is 0.301. The van der Waals surface area contributed by atoms with Crippen LogP contribution in [-0.4, -0.2) is 49.8 Å². The van der Waals surface area contributed by atoms with Crippen LogP contribution >= 0.6 is 0 Å². The maximum atomic E-state index is 12.0. The summed E-state index contributed by atoms with van der Waals surface area (Å²) in [6, 6.07) is 0. The van der Waals surface area contributed by atoms with Gasteiger partial charge in [0, 0.05) is 39.3 Å². The topological polar surface area (TPSA) is 38.8 Å². The Morgan fingerprint density at radius 3 is 2.71 bits per heavy atom. The average molecular weight is 241 g/mol. The number of amides is 1. The summed E-state index contributed by atoms with van der Waals surface area (Å²) in [5.74, 6) is 0.752. The van der Waals surface area contributed by atoms with Gasteiger partial charge in [0.2, 0.25) is 5.91 Å². The van der Waals surface area contributed by atoms with Crippen molar-refractivity contribution in [1.82, 2.24) is 4.90 Å². The Bertz CT molecular complexity index is 243. The first kappa shape index (κ1) is 12.8. The van der Waals surface area contributed by atoms with E-state index in [-0.39, 0.29) is 0 Å². The lowest BCUT2D eigenvalue weighted by Gasteiger charge is -2.32. The van der Waals surface area contributed by atoms with Crippen LogP contribution in [0.4, 0.5) is 0 Å². The molecular formula is C13H23NO3. The molecule has 0 spiro atoms. The van der Waals surface area contributed by atoms with Crippen LogP contribution in [0.2, 0.25) is 0 Å². The lowest BCUT2D eigenvalue weighted by molar-refractivity contribution is -0.134. The first-order chi connectivity index (χ1) is 8.29. The molecule has 2 aliphatic heterocycles. The molecule has 17 heavy (non-hydrogen) atoms. The van der Waals surface area contributed by atoms with E-state index >= 15 is 0 Å². The van der Waals surface area contributed by atoms with Crippen LogP contribution in [0.1, 0.15) is 32.6 Å². The summed E-state index contributed by atoms with van der Waals surface area (Å²) < 4.78 is 10.9. The molecule has 0 bridgehead atoms. The van der Waals surface area contributed by atoms with Gasteiger partial charge in [-0.3, -0.25) is 4.79 Å². The van der Waals surface area contributed by atoms with E-state index in [1.165, 1.54) is 0 Å². The second-order valence-corrected chi connectivity index (χ2v) is 4.97. The maximum Gasteiger partial charge on any atom is 0.222 e. The van der Waals surface area contributed by atoms with Crippen LogP contribution in [0.3, 0.4) is 0 Å². The van der Waals surface area contributed by atoms with E-state index in [0.29, 0.717) is 24.3 Å². The molecule has 2 saturated heterocycles. The van der Waals surface area contributed by atoms with Gasteiger partial charge in [-0.05, 0) is 32.1 Å². The summed E-state index contributed by atoms with van der Waals surface area (Å²) in [4.78, 5) is 14.0. The molecule has 4 heteroatoms. The van der Waals surface area contributed by atoms with Gasteiger partial charge in [0.15, 0.2) is 0 Å². The van der Waals surface area contributed by atoms with Gasteiger partial charge in [0.1, 0.15) is 0 Å². The van der Waals surface area contributed by atoms with Crippen molar-refractivity contribution in [1.29, 1.82) is 0 Å². The molecular weight excluding hydrogens is 218 g/mol. The van der Waals surface area contributed by atoms with Gasteiger partial charge in [-0.2, -0.15) is 0 Å². The Balaban J connectivity index is 1.70. The molecule has 0 aromatic heterocycles. The van der Waals surface area contributed by atoms with Crippen LogP contribution in [0.25, 0.3) is 0 Å². The smallest absolute Gasteiger partial charge is 0.222 e. The first-order valence-electron chi connectivity index (χ1n) is 6.76. The lowest BCUT2D eigenvalue weighted by Crippen LogP contribution is -2.41. The molecule has 2 rings (SSSR count). The van der Waals surface area contributed by atoms with E-state index in [4.69, 9.17) is 9.47 Å². The van der Waals surface area contributed by atoms with Crippen molar-refractivity contribution in [2.75, 3.05) is 32.9 Å². The summed E-state index contributed by atoms with van der Waals surface area (Å²) in [6.07, 6.45) is 4.04. The molecule has 0 aromatic rings. The molecule has 2 fully saturated rings. The Morgan fingerprint density at radius 2 is 2.12 bits per heavy atom. The highest BCUT2D eigenvalue weighted by molar-refractivity contribution is 5.76. The van der Waals surface area contributed by atoms with Crippen molar-refractivity contribution in [2.45, 2.75) is 38.7 Å². The summed E-state index contributed by atoms with van der Waals surface area (Å²) in [5.41, 5.74) is 0. The van der Waals surface area contributed by atoms with Crippen LogP contribution in [0, 0.1) is 5.92 Å². The fourth-order valence-corrected chi connectivity index (χ4v) is 2.63. The highest BCUT2D eigenvalue weighted by Crippen LogP contribution is 2.20. The second kappa shape index (κ2) is 6.36. The minimum atomic E-state index is 0.301. The third-order valence-electron chi connectivity index (χ3n) is 3.68. The normalized spacial score (nSPS) is 26.4. The standard InChI is InChI=1S/C13H23NO3/c1-2-17-12-3-6-14(7-4-12)13(15)9-11-5-8-16-10-11/h11-12H,2-10H2,1H3. The molecule has 1 amide bonds. The van der Waals surface area contributed by atoms with Crippen molar-refractivity contribution in [3.05, 3.63) is 0 Å². The van der Waals surface area contributed by atoms with Crippen LogP contribution in [0.5, 0.6) is 0 Å². The largest absolute Gasteiger partial charge is 0.381 e. The lowest BCUT2D eigenvalue weighted by atomic mass is 10.0. The van der Waals surface area contributed by atoms with Crippen molar-refractivity contribution in [2.24, 2.45) is 5.92 Å². The second-order valence-electron chi connectivity index (χ2n) is 4.97. The number of nitrogens with zero attached hydrogens (tertiary/aromatic N) is 1. The predicted molar refractivity (Wildman–Crippen MR) is 64.8 cm³/mol. The Labute approximate surface area is 103 Å². The fraction of sp³-hybridized carbons (Fsp3) is 0.923. The summed E-state index contributed by atoms with van der Waals surface area (Å²) in [5, 5.41) is 0. The molecule has 1 unspecified atom stereocenters. The van der Waals surface area contributed by atoms with Gasteiger partial charge in [-0.25, -0.2) is 0 Å². The van der Waals surface area contributed by atoms with Gasteiger partial charge in [-0.1, -0.05) is 0 Å². The van der Waals surface area contributed by atoms with Crippen molar-refractivity contribution >= 4 is 5.91 Å². The number of carbonyl (C=O) groups is 1. The van der Waals surface area contributed by atoms with E-state index in [0.717, 1.165) is 52.2 Å². The van der Waals surface area contributed by atoms with Crippen LogP contribution in [0.15, 0.2) is 0 Å². The quantitative estimate of drug-likeness (QED) is 0.747. The highest BCUT2D eigenvalue weighted by atomic mass is 16.5. The van der Waals surface area contributed by atoms with Crippen molar-refractivity contribution in [3.8, 4) is 0 Å². The van der Waals surface area contributed by atoms with Crippen molar-refractivity contribution in [3.63, 3.8) is 0 Å². The predicted octanol–water partition coefficient (Wildman–Crippen LogP) is 1.44. The fourth-order valence-electron chi connectivity index (χ4n) is 2.63. The van der Waals surface area contributed by atoms with E-state index in [1.54, 1.807) is 0 Å². The summed E-state index contributed by atoms with van der Waals surface area (Å²) in [6.45, 7) is 6.11. The monoisotopic (exact) mass is 241 g/mol. The molecule has 2 aliphatic rings. The number of ether oxygens (including phenoxy) is 2. The van der Waals surface area contributed by atoms with Gasteiger partial charge in [0.25, 0.3) is 0 Å². The molecule has 0 aliphatic carbocycles. The summed E-state index contributed by atoms with van der Waals surface area (Å²) in [7, 11) is 0. The minimum Gasteiger partial charge on any atom is -0.381 e. The zero-order valence-corrected chi connectivity index (χ0v) is 10.7. The SMILES string of the molecule is CCOC1CCN(C(=O)CC2CCOC2)CC1. The average Bonchev–Trinajstić information content (AvgIpc) is 2.83. The van der Waals surface area contributed by atoms with Gasteiger partial charge in [-0.15, -0.1) is 0 Å². The Morgan fingerprint density at radius 1 is 1.35 bits per heavy atom. The van der Waals surface area contributed by atoms with Crippen LogP contribution < -0.4 is 0 Å². The number of hydrogen-bond donors (Lipinski definition) is 0. The zero-order chi connectivity index (χ0) is 12.1. The number of piperidine rings is 1. The van der Waals surface area contributed by atoms with E-state index in [2.05, 4.69) is 0 Å². The molecule has 1 atom stereocenters. The first-order valence-corrected chi connectivity index (χ1v) is 6.76. The maximum absolute atomic E-state index is 12.0. The number of likely N-dealkylation sites (tertiary alicyclic amines) is 1. The molecule has 4 nitrogen and oxygen atoms in total. The molecule has 0 aromatic carbocycles. The van der Waals surface area contributed by atoms with Gasteiger partial charge >= 0.3 is 0 Å². The zero-order valence-electron chi connectivity index (χ0n) is 10.7. The number of carbonyl (C=O) groups excluding carboxylic acids is 1. The van der Waals surface area contributed by atoms with E-state index < -0.39 is 0 Å². The summed E-state index contributed by atoms with van der Waals surface area (Å²) >= 11 is 0. The molecule has 0 N–H and O–H groups in total. The highest BCUT2D eigenvalue weighted by Gasteiger charge is 2.26. The van der Waals surface area contributed by atoms with Crippen molar-refractivity contribution < 1.29 is 14.3 Å². The Kier molecular flexibility index (Phi) is 4.80. The van der Waals surface area contributed by atoms with E-state index in [1.807, 2.05) is 11.8 Å². The Hall–Kier alpha value is -0.610. The molecule has 0 radical (unpaired) electrons. The number of rotatable bonds is 4. The molecule has 98 valence electrons. The third-order valence-corrected chi connectivity index (χ3v) is 3.68. The third kappa shape index (κ3) is 3.68. The van der Waals surface area contributed by atoms with E-state index in [9.17, 15) is 4.79 Å². The van der Waals surface area contributed by atoms with Gasteiger partial charge < -0.3 is 14.4 Å². The molecule has 0 saturated carbocycles. The molecule has 2 heterocycles. The van der Waals surface area contributed by atoms with Crippen LogP contribution in [-0.2, 0) is 14.3 Å². The number of hydrogen-bond acceptors (Lipinski definition) is 3.